The number of nitro groups is 1. The van der Waals surface area contributed by atoms with E-state index in [2.05, 4.69) is 0 Å². The van der Waals surface area contributed by atoms with E-state index in [1.165, 1.54) is 48.4 Å². The van der Waals surface area contributed by atoms with Crippen molar-refractivity contribution in [2.75, 3.05) is 12.0 Å². The molecule has 0 aromatic heterocycles. The van der Waals surface area contributed by atoms with Crippen LogP contribution < -0.4 is 9.64 Å². The summed E-state index contributed by atoms with van der Waals surface area (Å²) < 4.78 is 5.42. The lowest BCUT2D eigenvalue weighted by atomic mass is 10.1. The average molecular weight is 388 g/mol. The monoisotopic (exact) mass is 388 g/mol. The molecular formula is C17H12N2O5S2. The molecule has 0 saturated carbocycles. The van der Waals surface area contributed by atoms with Gasteiger partial charge >= 0.3 is 0 Å². The Morgan fingerprint density at radius 1 is 1.27 bits per heavy atom. The Labute approximate surface area is 158 Å². The topological polar surface area (TPSA) is 92.9 Å². The number of carbonyl (C=O) groups is 1. The second-order valence-electron chi connectivity index (χ2n) is 5.22. The van der Waals surface area contributed by atoms with Crippen LogP contribution in [0.5, 0.6) is 11.5 Å². The maximum Gasteiger partial charge on any atom is 0.270 e. The van der Waals surface area contributed by atoms with Crippen LogP contribution in [-0.2, 0) is 4.79 Å². The number of phenols is 1. The summed E-state index contributed by atoms with van der Waals surface area (Å²) in [5.41, 5.74) is 0.793. The Hall–Kier alpha value is -2.91. The molecule has 132 valence electrons. The molecule has 7 nitrogen and oxygen atoms in total. The van der Waals surface area contributed by atoms with Crippen LogP contribution >= 0.6 is 24.0 Å². The summed E-state index contributed by atoms with van der Waals surface area (Å²) in [6, 6.07) is 10.2. The van der Waals surface area contributed by atoms with Crippen molar-refractivity contribution in [3.05, 3.63) is 63.0 Å². The lowest BCUT2D eigenvalue weighted by Crippen LogP contribution is -2.27. The predicted octanol–water partition coefficient (Wildman–Crippen LogP) is 3.71. The molecule has 1 aliphatic heterocycles. The SMILES string of the molecule is COc1ccc(O)c(C=C2SC(=S)N(c3ccc([N+](=O)[O-])cc3)C2=O)c1. The van der Waals surface area contributed by atoms with Gasteiger partial charge in [-0.1, -0.05) is 24.0 Å². The van der Waals surface area contributed by atoms with Crippen molar-refractivity contribution in [2.45, 2.75) is 0 Å². The highest BCUT2D eigenvalue weighted by Gasteiger charge is 2.33. The first-order valence-electron chi connectivity index (χ1n) is 7.30. The molecule has 0 unspecified atom stereocenters. The van der Waals surface area contributed by atoms with Crippen molar-refractivity contribution in [1.82, 2.24) is 0 Å². The molecule has 1 saturated heterocycles. The second-order valence-corrected chi connectivity index (χ2v) is 6.89. The number of aromatic hydroxyl groups is 1. The third kappa shape index (κ3) is 3.39. The van der Waals surface area contributed by atoms with Crippen LogP contribution in [0, 0.1) is 10.1 Å². The van der Waals surface area contributed by atoms with Crippen LogP contribution in [0.25, 0.3) is 6.08 Å². The number of nitrogens with zero attached hydrogens (tertiary/aromatic N) is 2. The quantitative estimate of drug-likeness (QED) is 0.369. The van der Waals surface area contributed by atoms with Crippen molar-refractivity contribution in [2.24, 2.45) is 0 Å². The number of hydrogen-bond acceptors (Lipinski definition) is 7. The number of nitro benzene ring substituents is 1. The minimum absolute atomic E-state index is 0.00593. The van der Waals surface area contributed by atoms with Crippen molar-refractivity contribution in [3.8, 4) is 11.5 Å². The first-order chi connectivity index (χ1) is 12.4. The molecule has 3 rings (SSSR count). The first kappa shape index (κ1) is 17.9. The normalized spacial score (nSPS) is 15.6. The molecule has 0 aliphatic carbocycles. The van der Waals surface area contributed by atoms with E-state index in [0.29, 0.717) is 26.2 Å². The van der Waals surface area contributed by atoms with Gasteiger partial charge in [-0.05, 0) is 36.4 Å². The van der Waals surface area contributed by atoms with E-state index in [1.807, 2.05) is 0 Å². The fourth-order valence-corrected chi connectivity index (χ4v) is 3.62. The van der Waals surface area contributed by atoms with Crippen molar-refractivity contribution >= 4 is 51.7 Å². The summed E-state index contributed by atoms with van der Waals surface area (Å²) in [6.45, 7) is 0. The Morgan fingerprint density at radius 2 is 1.96 bits per heavy atom. The molecule has 1 fully saturated rings. The zero-order valence-electron chi connectivity index (χ0n) is 13.4. The van der Waals surface area contributed by atoms with E-state index in [0.717, 1.165) is 11.8 Å². The molecule has 1 heterocycles. The predicted molar refractivity (Wildman–Crippen MR) is 103 cm³/mol. The number of methoxy groups -OCH3 is 1. The van der Waals surface area contributed by atoms with Crippen LogP contribution in [0.2, 0.25) is 0 Å². The number of phenolic OH excluding ortho intramolecular Hbond substituents is 1. The lowest BCUT2D eigenvalue weighted by Gasteiger charge is -2.14. The standard InChI is InChI=1S/C17H12N2O5S2/c1-24-13-6-7-14(20)10(8-13)9-15-16(21)18(17(25)26-15)11-2-4-12(5-3-11)19(22)23/h2-9,20H,1H3. The molecule has 0 bridgehead atoms. The summed E-state index contributed by atoms with van der Waals surface area (Å²) in [5.74, 6) is 0.183. The number of rotatable bonds is 4. The van der Waals surface area contributed by atoms with E-state index in [-0.39, 0.29) is 17.3 Å². The summed E-state index contributed by atoms with van der Waals surface area (Å²) in [4.78, 5) is 24.6. The summed E-state index contributed by atoms with van der Waals surface area (Å²) in [5, 5.41) is 20.7. The molecule has 0 radical (unpaired) electrons. The molecular weight excluding hydrogens is 376 g/mol. The molecule has 26 heavy (non-hydrogen) atoms. The van der Waals surface area contributed by atoms with E-state index in [9.17, 15) is 20.0 Å². The van der Waals surface area contributed by atoms with Crippen LogP contribution in [0.3, 0.4) is 0 Å². The van der Waals surface area contributed by atoms with Gasteiger partial charge in [-0.3, -0.25) is 19.8 Å². The Bertz CT molecular complexity index is 941. The third-order valence-electron chi connectivity index (χ3n) is 3.63. The molecule has 1 N–H and O–H groups in total. The fourth-order valence-electron chi connectivity index (χ4n) is 2.33. The van der Waals surface area contributed by atoms with E-state index in [4.69, 9.17) is 17.0 Å². The van der Waals surface area contributed by atoms with Gasteiger partial charge in [-0.25, -0.2) is 0 Å². The second kappa shape index (κ2) is 7.14. The van der Waals surface area contributed by atoms with Gasteiger partial charge in [0.15, 0.2) is 4.32 Å². The number of amides is 1. The smallest absolute Gasteiger partial charge is 0.270 e. The summed E-state index contributed by atoms with van der Waals surface area (Å²) in [6.07, 6.45) is 1.53. The molecule has 0 atom stereocenters. The summed E-state index contributed by atoms with van der Waals surface area (Å²) >= 11 is 6.35. The van der Waals surface area contributed by atoms with Crippen LogP contribution in [0.4, 0.5) is 11.4 Å². The first-order valence-corrected chi connectivity index (χ1v) is 8.52. The van der Waals surface area contributed by atoms with Crippen molar-refractivity contribution in [1.29, 1.82) is 0 Å². The van der Waals surface area contributed by atoms with Gasteiger partial charge < -0.3 is 9.84 Å². The highest BCUT2D eigenvalue weighted by atomic mass is 32.2. The molecule has 1 amide bonds. The minimum Gasteiger partial charge on any atom is -0.507 e. The molecule has 0 spiro atoms. The van der Waals surface area contributed by atoms with E-state index >= 15 is 0 Å². The Kier molecular flexibility index (Phi) is 4.92. The van der Waals surface area contributed by atoms with Crippen LogP contribution in [-0.4, -0.2) is 27.4 Å². The third-order valence-corrected chi connectivity index (χ3v) is 4.94. The van der Waals surface area contributed by atoms with Crippen molar-refractivity contribution in [3.63, 3.8) is 0 Å². The molecule has 1 aliphatic rings. The van der Waals surface area contributed by atoms with Gasteiger partial charge in [-0.15, -0.1) is 0 Å². The highest BCUT2D eigenvalue weighted by Crippen LogP contribution is 2.37. The van der Waals surface area contributed by atoms with Gasteiger partial charge in [-0.2, -0.15) is 0 Å². The number of thioether (sulfide) groups is 1. The zero-order chi connectivity index (χ0) is 18.8. The van der Waals surface area contributed by atoms with Gasteiger partial charge in [0.25, 0.3) is 11.6 Å². The van der Waals surface area contributed by atoms with Crippen LogP contribution in [0.1, 0.15) is 5.56 Å². The number of non-ortho nitro benzene ring substituents is 1. The highest BCUT2D eigenvalue weighted by molar-refractivity contribution is 8.27. The van der Waals surface area contributed by atoms with Crippen molar-refractivity contribution < 1.29 is 19.6 Å². The van der Waals surface area contributed by atoms with Crippen LogP contribution in [0.15, 0.2) is 47.4 Å². The number of anilines is 1. The molecule has 9 heteroatoms. The number of ether oxygens (including phenoxy) is 1. The lowest BCUT2D eigenvalue weighted by molar-refractivity contribution is -0.384. The minimum atomic E-state index is -0.514. The maximum atomic E-state index is 12.7. The van der Waals surface area contributed by atoms with Gasteiger partial charge in [0.05, 0.1) is 22.6 Å². The number of carbonyl (C=O) groups excluding carboxylic acids is 1. The maximum absolute atomic E-state index is 12.7. The van der Waals surface area contributed by atoms with Gasteiger partial charge in [0.2, 0.25) is 0 Å². The Balaban J connectivity index is 1.93. The van der Waals surface area contributed by atoms with E-state index < -0.39 is 4.92 Å². The molecule has 2 aromatic carbocycles. The average Bonchev–Trinajstić information content (AvgIpc) is 2.90. The number of benzene rings is 2. The Morgan fingerprint density at radius 3 is 2.58 bits per heavy atom. The molecule has 2 aromatic rings. The largest absolute Gasteiger partial charge is 0.507 e. The van der Waals surface area contributed by atoms with E-state index in [1.54, 1.807) is 12.1 Å². The fraction of sp³-hybridized carbons (Fsp3) is 0.0588. The van der Waals surface area contributed by atoms with Gasteiger partial charge in [0.1, 0.15) is 11.5 Å². The number of thiocarbonyl (C=S) groups is 1. The number of hydrogen-bond donors (Lipinski definition) is 1. The zero-order valence-corrected chi connectivity index (χ0v) is 15.0. The summed E-state index contributed by atoms with van der Waals surface area (Å²) in [7, 11) is 1.50. The van der Waals surface area contributed by atoms with Gasteiger partial charge in [0, 0.05) is 17.7 Å².